The first-order chi connectivity index (χ1) is 8.95. The summed E-state index contributed by atoms with van der Waals surface area (Å²) in [6.07, 6.45) is 3.36. The van der Waals surface area contributed by atoms with Gasteiger partial charge in [-0.25, -0.2) is 0 Å². The number of hydrogen-bond donors (Lipinski definition) is 1. The van der Waals surface area contributed by atoms with E-state index in [1.165, 1.54) is 12.0 Å². The standard InChI is InChI=1S/C17H26O2/c1-11-5-6-16(14(4)18)17(10-11)19-15-8-12(2)7-13(3)9-15/h5-6,10,12-15,18H,7-9H2,1-4H3/t12?,13?,14-,15?/m1/s1. The predicted molar refractivity (Wildman–Crippen MR) is 78.4 cm³/mol. The maximum atomic E-state index is 9.85. The highest BCUT2D eigenvalue weighted by Gasteiger charge is 2.26. The summed E-state index contributed by atoms with van der Waals surface area (Å²) in [6.45, 7) is 8.46. The Hall–Kier alpha value is -1.02. The Morgan fingerprint density at radius 2 is 1.79 bits per heavy atom. The lowest BCUT2D eigenvalue weighted by Gasteiger charge is -2.32. The molecule has 19 heavy (non-hydrogen) atoms. The number of rotatable bonds is 3. The summed E-state index contributed by atoms with van der Waals surface area (Å²) in [5, 5.41) is 9.85. The Morgan fingerprint density at radius 1 is 1.16 bits per heavy atom. The summed E-state index contributed by atoms with van der Waals surface area (Å²) >= 11 is 0. The van der Waals surface area contributed by atoms with Crippen LogP contribution in [0.2, 0.25) is 0 Å². The monoisotopic (exact) mass is 262 g/mol. The van der Waals surface area contributed by atoms with E-state index in [0.717, 1.165) is 36.0 Å². The molecule has 2 nitrogen and oxygen atoms in total. The second-order valence-electron chi connectivity index (χ2n) is 6.37. The van der Waals surface area contributed by atoms with Crippen molar-refractivity contribution in [3.8, 4) is 5.75 Å². The molecular formula is C17H26O2. The molecule has 2 rings (SSSR count). The molecule has 0 aliphatic heterocycles. The van der Waals surface area contributed by atoms with E-state index in [2.05, 4.69) is 20.8 Å². The van der Waals surface area contributed by atoms with Gasteiger partial charge in [-0.05, 0) is 56.6 Å². The van der Waals surface area contributed by atoms with Crippen LogP contribution in [0.3, 0.4) is 0 Å². The Bertz CT molecular complexity index is 415. The van der Waals surface area contributed by atoms with E-state index in [1.807, 2.05) is 18.2 Å². The minimum absolute atomic E-state index is 0.290. The average Bonchev–Trinajstić information content (AvgIpc) is 2.26. The summed E-state index contributed by atoms with van der Waals surface area (Å²) in [4.78, 5) is 0. The van der Waals surface area contributed by atoms with Crippen LogP contribution in [0.5, 0.6) is 5.75 Å². The lowest BCUT2D eigenvalue weighted by atomic mass is 9.82. The highest BCUT2D eigenvalue weighted by atomic mass is 16.5. The second-order valence-corrected chi connectivity index (χ2v) is 6.37. The Kier molecular flexibility index (Phi) is 4.51. The van der Waals surface area contributed by atoms with Gasteiger partial charge in [-0.15, -0.1) is 0 Å². The molecule has 1 aliphatic rings. The average molecular weight is 262 g/mol. The smallest absolute Gasteiger partial charge is 0.125 e. The zero-order valence-corrected chi connectivity index (χ0v) is 12.5. The topological polar surface area (TPSA) is 29.5 Å². The lowest BCUT2D eigenvalue weighted by Crippen LogP contribution is -2.28. The summed E-state index contributed by atoms with van der Waals surface area (Å²) in [6, 6.07) is 6.05. The van der Waals surface area contributed by atoms with Gasteiger partial charge in [0.1, 0.15) is 5.75 Å². The van der Waals surface area contributed by atoms with Gasteiger partial charge >= 0.3 is 0 Å². The summed E-state index contributed by atoms with van der Waals surface area (Å²) in [7, 11) is 0. The quantitative estimate of drug-likeness (QED) is 0.882. The normalized spacial score (nSPS) is 29.0. The summed E-state index contributed by atoms with van der Waals surface area (Å²) in [5.74, 6) is 2.32. The Balaban J connectivity index is 2.15. The number of hydrogen-bond acceptors (Lipinski definition) is 2. The number of aliphatic hydroxyl groups excluding tert-OH is 1. The van der Waals surface area contributed by atoms with Crippen molar-refractivity contribution >= 4 is 0 Å². The van der Waals surface area contributed by atoms with Gasteiger partial charge in [0.2, 0.25) is 0 Å². The van der Waals surface area contributed by atoms with Crippen LogP contribution >= 0.6 is 0 Å². The van der Waals surface area contributed by atoms with Crippen LogP contribution in [-0.2, 0) is 0 Å². The third kappa shape index (κ3) is 3.73. The first-order valence-electron chi connectivity index (χ1n) is 7.41. The minimum Gasteiger partial charge on any atom is -0.490 e. The Labute approximate surface area is 116 Å². The third-order valence-corrected chi connectivity index (χ3v) is 4.05. The molecule has 1 saturated carbocycles. The van der Waals surface area contributed by atoms with Crippen molar-refractivity contribution in [1.82, 2.24) is 0 Å². The summed E-state index contributed by atoms with van der Waals surface area (Å²) in [5.41, 5.74) is 2.08. The fourth-order valence-electron chi connectivity index (χ4n) is 3.24. The van der Waals surface area contributed by atoms with E-state index in [1.54, 1.807) is 6.92 Å². The molecule has 106 valence electrons. The fourth-order valence-corrected chi connectivity index (χ4v) is 3.24. The van der Waals surface area contributed by atoms with Crippen LogP contribution in [0, 0.1) is 18.8 Å². The van der Waals surface area contributed by atoms with Crippen LogP contribution in [0.25, 0.3) is 0 Å². The molecule has 0 heterocycles. The number of benzene rings is 1. The molecule has 0 radical (unpaired) electrons. The van der Waals surface area contributed by atoms with Crippen molar-refractivity contribution in [3.05, 3.63) is 29.3 Å². The van der Waals surface area contributed by atoms with Gasteiger partial charge in [0, 0.05) is 5.56 Å². The van der Waals surface area contributed by atoms with Crippen molar-refractivity contribution in [3.63, 3.8) is 0 Å². The predicted octanol–water partition coefficient (Wildman–Crippen LogP) is 4.25. The van der Waals surface area contributed by atoms with Crippen molar-refractivity contribution in [2.45, 2.75) is 59.2 Å². The highest BCUT2D eigenvalue weighted by Crippen LogP contribution is 2.34. The molecule has 1 aliphatic carbocycles. The first-order valence-corrected chi connectivity index (χ1v) is 7.41. The van der Waals surface area contributed by atoms with E-state index in [9.17, 15) is 5.11 Å². The number of ether oxygens (including phenoxy) is 1. The molecule has 1 N–H and O–H groups in total. The second kappa shape index (κ2) is 5.96. The first kappa shape index (κ1) is 14.4. The van der Waals surface area contributed by atoms with E-state index < -0.39 is 6.10 Å². The van der Waals surface area contributed by atoms with Crippen molar-refractivity contribution < 1.29 is 9.84 Å². The molecule has 0 aromatic heterocycles. The van der Waals surface area contributed by atoms with Crippen LogP contribution in [-0.4, -0.2) is 11.2 Å². The van der Waals surface area contributed by atoms with Crippen LogP contribution in [0.4, 0.5) is 0 Å². The lowest BCUT2D eigenvalue weighted by molar-refractivity contribution is 0.0959. The van der Waals surface area contributed by atoms with Gasteiger partial charge in [-0.1, -0.05) is 26.0 Å². The SMILES string of the molecule is Cc1ccc([C@@H](C)O)c(OC2CC(C)CC(C)C2)c1. The van der Waals surface area contributed by atoms with Gasteiger partial charge in [-0.3, -0.25) is 0 Å². The molecule has 1 fully saturated rings. The van der Waals surface area contributed by atoms with Gasteiger partial charge in [0.05, 0.1) is 12.2 Å². The van der Waals surface area contributed by atoms with Crippen LogP contribution < -0.4 is 4.74 Å². The molecule has 2 unspecified atom stereocenters. The summed E-state index contributed by atoms with van der Waals surface area (Å²) < 4.78 is 6.21. The van der Waals surface area contributed by atoms with Crippen LogP contribution in [0.15, 0.2) is 18.2 Å². The maximum absolute atomic E-state index is 9.85. The van der Waals surface area contributed by atoms with Crippen molar-refractivity contribution in [1.29, 1.82) is 0 Å². The molecule has 3 atom stereocenters. The van der Waals surface area contributed by atoms with Gasteiger partial charge < -0.3 is 9.84 Å². The molecule has 0 bridgehead atoms. The highest BCUT2D eigenvalue weighted by molar-refractivity contribution is 5.38. The molecule has 0 spiro atoms. The van der Waals surface area contributed by atoms with E-state index in [4.69, 9.17) is 4.74 Å². The zero-order chi connectivity index (χ0) is 14.0. The largest absolute Gasteiger partial charge is 0.490 e. The van der Waals surface area contributed by atoms with Gasteiger partial charge in [-0.2, -0.15) is 0 Å². The molecule has 1 aromatic carbocycles. The van der Waals surface area contributed by atoms with Crippen molar-refractivity contribution in [2.75, 3.05) is 0 Å². The fraction of sp³-hybridized carbons (Fsp3) is 0.647. The Morgan fingerprint density at radius 3 is 2.37 bits per heavy atom. The molecule has 1 aromatic rings. The van der Waals surface area contributed by atoms with E-state index in [-0.39, 0.29) is 6.10 Å². The van der Waals surface area contributed by atoms with E-state index in [0.29, 0.717) is 0 Å². The number of aliphatic hydroxyl groups is 1. The minimum atomic E-state index is -0.478. The van der Waals surface area contributed by atoms with Crippen LogP contribution in [0.1, 0.15) is 57.3 Å². The molecule has 0 saturated heterocycles. The number of aryl methyl sites for hydroxylation is 1. The van der Waals surface area contributed by atoms with E-state index >= 15 is 0 Å². The third-order valence-electron chi connectivity index (χ3n) is 4.05. The molecular weight excluding hydrogens is 236 g/mol. The van der Waals surface area contributed by atoms with Gasteiger partial charge in [0.15, 0.2) is 0 Å². The maximum Gasteiger partial charge on any atom is 0.125 e. The zero-order valence-electron chi connectivity index (χ0n) is 12.5. The van der Waals surface area contributed by atoms with Crippen molar-refractivity contribution in [2.24, 2.45) is 11.8 Å². The van der Waals surface area contributed by atoms with Gasteiger partial charge in [0.25, 0.3) is 0 Å². The molecule has 2 heteroatoms. The molecule has 0 amide bonds.